The van der Waals surface area contributed by atoms with Crippen molar-refractivity contribution in [2.24, 2.45) is 0 Å². The molecule has 0 radical (unpaired) electrons. The van der Waals surface area contributed by atoms with Crippen molar-refractivity contribution in [2.45, 2.75) is 33.0 Å². The predicted octanol–water partition coefficient (Wildman–Crippen LogP) is 6.56. The standard InChI is InChI=1S/C22H21ClF4N2OS/c1-12-8-9-14-17(13(2)29(20(14)18(12)23)11-5-10-28-31-3)21(30)15-6-4-7-16(19(15)24)22(25,26)27/h4,6-9,28H,5,10-11H2,1-3H3. The molecule has 0 aliphatic carbocycles. The van der Waals surface area contributed by atoms with E-state index in [1.165, 1.54) is 11.9 Å². The molecule has 166 valence electrons. The number of carbonyl (C=O) groups is 1. The van der Waals surface area contributed by atoms with E-state index >= 15 is 0 Å². The average molecular weight is 473 g/mol. The van der Waals surface area contributed by atoms with E-state index in [0.29, 0.717) is 34.2 Å². The van der Waals surface area contributed by atoms with Crippen molar-refractivity contribution in [3.8, 4) is 0 Å². The number of nitrogens with one attached hydrogen (secondary N) is 1. The number of fused-ring (bicyclic) bond motifs is 1. The van der Waals surface area contributed by atoms with Crippen LogP contribution in [0, 0.1) is 19.7 Å². The molecule has 0 atom stereocenters. The third-order valence-electron chi connectivity index (χ3n) is 5.20. The smallest absolute Gasteiger partial charge is 0.343 e. The van der Waals surface area contributed by atoms with Crippen LogP contribution in [0.25, 0.3) is 10.9 Å². The minimum Gasteiger partial charge on any atom is -0.343 e. The quantitative estimate of drug-likeness (QED) is 0.183. The summed E-state index contributed by atoms with van der Waals surface area (Å²) in [7, 11) is 0. The van der Waals surface area contributed by atoms with E-state index in [-0.39, 0.29) is 5.56 Å². The Kier molecular flexibility index (Phi) is 7.03. The first-order chi connectivity index (χ1) is 14.6. The Labute approximate surface area is 186 Å². The highest BCUT2D eigenvalue weighted by Gasteiger charge is 2.36. The number of halogens is 5. The number of carbonyl (C=O) groups excluding carboxylic acids is 1. The number of aryl methyl sites for hydroxylation is 2. The molecule has 0 amide bonds. The lowest BCUT2D eigenvalue weighted by atomic mass is 9.97. The molecule has 3 aromatic rings. The molecule has 3 rings (SSSR count). The van der Waals surface area contributed by atoms with E-state index in [9.17, 15) is 22.4 Å². The molecule has 3 nitrogen and oxygen atoms in total. The monoisotopic (exact) mass is 472 g/mol. The fraction of sp³-hybridized carbons (Fsp3) is 0.318. The minimum absolute atomic E-state index is 0.160. The Morgan fingerprint density at radius 2 is 1.90 bits per heavy atom. The van der Waals surface area contributed by atoms with Crippen LogP contribution in [0.4, 0.5) is 17.6 Å². The maximum atomic E-state index is 14.7. The highest BCUT2D eigenvalue weighted by molar-refractivity contribution is 7.96. The minimum atomic E-state index is -4.89. The Balaban J connectivity index is 2.18. The van der Waals surface area contributed by atoms with Gasteiger partial charge in [0, 0.05) is 24.2 Å². The number of alkyl halides is 3. The van der Waals surface area contributed by atoms with Crippen LogP contribution >= 0.6 is 23.5 Å². The van der Waals surface area contributed by atoms with Crippen LogP contribution in [0.5, 0.6) is 0 Å². The fourth-order valence-electron chi connectivity index (χ4n) is 3.67. The average Bonchev–Trinajstić information content (AvgIpc) is 2.99. The summed E-state index contributed by atoms with van der Waals surface area (Å²) in [5.41, 5.74) is 0.0503. The number of ketones is 1. The fourth-order valence-corrected chi connectivity index (χ4v) is 4.28. The van der Waals surface area contributed by atoms with Crippen LogP contribution in [0.2, 0.25) is 5.02 Å². The molecule has 9 heteroatoms. The highest BCUT2D eigenvalue weighted by Crippen LogP contribution is 2.37. The van der Waals surface area contributed by atoms with Crippen LogP contribution in [0.1, 0.15) is 39.2 Å². The lowest BCUT2D eigenvalue weighted by molar-refractivity contribution is -0.140. The molecular formula is C22H21ClF4N2OS. The Bertz CT molecular complexity index is 1140. The topological polar surface area (TPSA) is 34.0 Å². The molecule has 0 unspecified atom stereocenters. The summed E-state index contributed by atoms with van der Waals surface area (Å²) in [5.74, 6) is -2.37. The number of hydrogen-bond donors (Lipinski definition) is 1. The van der Waals surface area contributed by atoms with E-state index in [2.05, 4.69) is 4.72 Å². The molecule has 0 aliphatic heterocycles. The highest BCUT2D eigenvalue weighted by atomic mass is 35.5. The van der Waals surface area contributed by atoms with Gasteiger partial charge in [-0.15, -0.1) is 0 Å². The third kappa shape index (κ3) is 4.47. The van der Waals surface area contributed by atoms with Crippen molar-refractivity contribution < 1.29 is 22.4 Å². The Hall–Kier alpha value is -2.03. The second-order valence-electron chi connectivity index (χ2n) is 7.15. The molecule has 0 aliphatic rings. The summed E-state index contributed by atoms with van der Waals surface area (Å²) in [6, 6.07) is 6.19. The van der Waals surface area contributed by atoms with Crippen molar-refractivity contribution in [1.29, 1.82) is 0 Å². The van der Waals surface area contributed by atoms with Gasteiger partial charge in [-0.05, 0) is 44.2 Å². The van der Waals surface area contributed by atoms with E-state index < -0.39 is 28.9 Å². The normalized spacial score (nSPS) is 12.0. The van der Waals surface area contributed by atoms with Crippen LogP contribution in [-0.2, 0) is 12.7 Å². The summed E-state index contributed by atoms with van der Waals surface area (Å²) >= 11 is 8.04. The molecular weight excluding hydrogens is 452 g/mol. The van der Waals surface area contributed by atoms with E-state index in [1.54, 1.807) is 19.1 Å². The molecule has 31 heavy (non-hydrogen) atoms. The molecule has 2 aromatic carbocycles. The van der Waals surface area contributed by atoms with Gasteiger partial charge in [0.05, 0.1) is 27.2 Å². The maximum Gasteiger partial charge on any atom is 0.419 e. The van der Waals surface area contributed by atoms with Crippen LogP contribution in [0.15, 0.2) is 30.3 Å². The molecule has 0 fully saturated rings. The van der Waals surface area contributed by atoms with Gasteiger partial charge < -0.3 is 4.57 Å². The first kappa shape index (κ1) is 23.6. The lowest BCUT2D eigenvalue weighted by Gasteiger charge is -2.11. The van der Waals surface area contributed by atoms with Gasteiger partial charge in [0.15, 0.2) is 5.78 Å². The van der Waals surface area contributed by atoms with Crippen LogP contribution in [0.3, 0.4) is 0 Å². The van der Waals surface area contributed by atoms with Crippen LogP contribution < -0.4 is 4.72 Å². The number of benzene rings is 2. The predicted molar refractivity (Wildman–Crippen MR) is 117 cm³/mol. The summed E-state index contributed by atoms with van der Waals surface area (Å²) < 4.78 is 59.2. The van der Waals surface area contributed by atoms with E-state index in [4.69, 9.17) is 11.6 Å². The van der Waals surface area contributed by atoms with Gasteiger partial charge in [-0.1, -0.05) is 41.7 Å². The number of hydrogen-bond acceptors (Lipinski definition) is 3. The molecule has 0 spiro atoms. The zero-order chi connectivity index (χ0) is 22.9. The molecule has 1 aromatic heterocycles. The molecule has 0 saturated heterocycles. The molecule has 1 heterocycles. The van der Waals surface area contributed by atoms with Gasteiger partial charge in [-0.25, -0.2) is 4.39 Å². The van der Waals surface area contributed by atoms with Crippen molar-refractivity contribution in [3.05, 3.63) is 69.1 Å². The zero-order valence-corrected chi connectivity index (χ0v) is 18.7. The van der Waals surface area contributed by atoms with Gasteiger partial charge in [-0.3, -0.25) is 9.52 Å². The summed E-state index contributed by atoms with van der Waals surface area (Å²) in [6.07, 6.45) is -2.24. The summed E-state index contributed by atoms with van der Waals surface area (Å²) in [4.78, 5) is 13.3. The maximum absolute atomic E-state index is 14.7. The molecule has 0 saturated carbocycles. The first-order valence-corrected chi connectivity index (χ1v) is 11.1. The zero-order valence-electron chi connectivity index (χ0n) is 17.2. The number of nitrogens with zero attached hydrogens (tertiary/aromatic N) is 1. The summed E-state index contributed by atoms with van der Waals surface area (Å²) in [5, 5.41) is 0.953. The van der Waals surface area contributed by atoms with Crippen molar-refractivity contribution >= 4 is 40.2 Å². The second-order valence-corrected chi connectivity index (χ2v) is 8.23. The van der Waals surface area contributed by atoms with Gasteiger partial charge in [0.2, 0.25) is 0 Å². The van der Waals surface area contributed by atoms with Crippen molar-refractivity contribution in [3.63, 3.8) is 0 Å². The second kappa shape index (κ2) is 9.22. The molecule has 1 N–H and O–H groups in total. The van der Waals surface area contributed by atoms with Gasteiger partial charge in [-0.2, -0.15) is 13.2 Å². The molecule has 0 bridgehead atoms. The largest absolute Gasteiger partial charge is 0.419 e. The SMILES string of the molecule is CSNCCCn1c(C)c(C(=O)c2cccc(C(F)(F)F)c2F)c2ccc(C)c(Cl)c21. The van der Waals surface area contributed by atoms with Crippen LogP contribution in [-0.4, -0.2) is 23.2 Å². The van der Waals surface area contributed by atoms with E-state index in [1.807, 2.05) is 17.7 Å². The van der Waals surface area contributed by atoms with Crippen molar-refractivity contribution in [2.75, 3.05) is 12.8 Å². The van der Waals surface area contributed by atoms with Gasteiger partial charge >= 0.3 is 6.18 Å². The van der Waals surface area contributed by atoms with Gasteiger partial charge in [0.25, 0.3) is 0 Å². The Morgan fingerprint density at radius 3 is 2.55 bits per heavy atom. The number of aromatic nitrogens is 1. The van der Waals surface area contributed by atoms with Crippen molar-refractivity contribution in [1.82, 2.24) is 9.29 Å². The number of rotatable bonds is 7. The lowest BCUT2D eigenvalue weighted by Crippen LogP contribution is -2.14. The Morgan fingerprint density at radius 1 is 1.19 bits per heavy atom. The van der Waals surface area contributed by atoms with E-state index in [0.717, 1.165) is 30.7 Å². The summed E-state index contributed by atoms with van der Waals surface area (Å²) in [6.45, 7) is 4.79. The first-order valence-electron chi connectivity index (χ1n) is 9.53. The van der Waals surface area contributed by atoms with Gasteiger partial charge in [0.1, 0.15) is 5.82 Å². The third-order valence-corrected chi connectivity index (χ3v) is 6.17.